The number of rotatable bonds is 7. The average Bonchev–Trinajstić information content (AvgIpc) is 2.34. The van der Waals surface area contributed by atoms with Crippen LogP contribution < -0.4 is 0 Å². The van der Waals surface area contributed by atoms with Crippen LogP contribution >= 0.6 is 11.8 Å². The van der Waals surface area contributed by atoms with E-state index in [4.69, 9.17) is 9.84 Å². The van der Waals surface area contributed by atoms with Crippen LogP contribution in [0.3, 0.4) is 0 Å². The first kappa shape index (κ1) is 14.0. The molecule has 94 valence electrons. The second-order valence-corrected chi connectivity index (χ2v) is 4.29. The summed E-state index contributed by atoms with van der Waals surface area (Å²) in [6.45, 7) is 2.64. The molecule has 2 N–H and O–H groups in total. The van der Waals surface area contributed by atoms with Gasteiger partial charge in [0.1, 0.15) is 5.03 Å². The SMILES string of the molecule is CCOCC(O)CSc1ncccc1C(=O)O. The van der Waals surface area contributed by atoms with Crippen molar-refractivity contribution in [1.29, 1.82) is 0 Å². The first-order valence-electron chi connectivity index (χ1n) is 5.22. The zero-order chi connectivity index (χ0) is 12.7. The van der Waals surface area contributed by atoms with Crippen LogP contribution in [0.2, 0.25) is 0 Å². The van der Waals surface area contributed by atoms with Crippen molar-refractivity contribution in [2.24, 2.45) is 0 Å². The zero-order valence-corrected chi connectivity index (χ0v) is 10.3. The molecule has 1 aromatic rings. The standard InChI is InChI=1S/C11H15NO4S/c1-2-16-6-8(13)7-17-10-9(11(14)15)4-3-5-12-10/h3-5,8,13H,2,6-7H2,1H3,(H,14,15). The van der Waals surface area contributed by atoms with Crippen molar-refractivity contribution < 1.29 is 19.7 Å². The number of carbonyl (C=O) groups is 1. The summed E-state index contributed by atoms with van der Waals surface area (Å²) in [4.78, 5) is 14.9. The fourth-order valence-corrected chi connectivity index (χ4v) is 2.04. The molecule has 0 spiro atoms. The lowest BCUT2D eigenvalue weighted by Crippen LogP contribution is -2.18. The number of aromatic nitrogens is 1. The van der Waals surface area contributed by atoms with Gasteiger partial charge in [0, 0.05) is 18.6 Å². The van der Waals surface area contributed by atoms with E-state index in [1.54, 1.807) is 6.07 Å². The largest absolute Gasteiger partial charge is 0.478 e. The number of ether oxygens (including phenoxy) is 1. The van der Waals surface area contributed by atoms with Gasteiger partial charge in [-0.2, -0.15) is 0 Å². The molecule has 1 unspecified atom stereocenters. The normalized spacial score (nSPS) is 12.4. The molecule has 0 saturated carbocycles. The number of carboxylic acids is 1. The Labute approximate surface area is 104 Å². The number of aliphatic hydroxyl groups excluding tert-OH is 1. The minimum atomic E-state index is -1.01. The predicted molar refractivity (Wildman–Crippen MR) is 64.4 cm³/mol. The third kappa shape index (κ3) is 4.72. The number of aromatic carboxylic acids is 1. The van der Waals surface area contributed by atoms with E-state index in [2.05, 4.69) is 4.98 Å². The summed E-state index contributed by atoms with van der Waals surface area (Å²) in [6.07, 6.45) is 0.910. The van der Waals surface area contributed by atoms with Crippen LogP contribution in [-0.4, -0.2) is 46.2 Å². The second kappa shape index (κ2) is 7.26. The van der Waals surface area contributed by atoms with Crippen LogP contribution in [0.4, 0.5) is 0 Å². The number of aliphatic hydroxyl groups is 1. The molecule has 0 saturated heterocycles. The van der Waals surface area contributed by atoms with Crippen LogP contribution in [0.1, 0.15) is 17.3 Å². The van der Waals surface area contributed by atoms with Crippen molar-refractivity contribution in [3.05, 3.63) is 23.9 Å². The topological polar surface area (TPSA) is 79.7 Å². The minimum absolute atomic E-state index is 0.154. The van der Waals surface area contributed by atoms with Gasteiger partial charge in [0.2, 0.25) is 0 Å². The van der Waals surface area contributed by atoms with Gasteiger partial charge in [0.05, 0.1) is 18.3 Å². The van der Waals surface area contributed by atoms with E-state index in [-0.39, 0.29) is 12.2 Å². The quantitative estimate of drug-likeness (QED) is 0.716. The van der Waals surface area contributed by atoms with Crippen LogP contribution in [0, 0.1) is 0 Å². The Morgan fingerprint density at radius 3 is 3.06 bits per heavy atom. The minimum Gasteiger partial charge on any atom is -0.478 e. The summed E-state index contributed by atoms with van der Waals surface area (Å²) in [6, 6.07) is 3.07. The van der Waals surface area contributed by atoms with E-state index in [9.17, 15) is 9.90 Å². The molecule has 1 heterocycles. The molecule has 0 aliphatic heterocycles. The zero-order valence-electron chi connectivity index (χ0n) is 9.50. The highest BCUT2D eigenvalue weighted by atomic mass is 32.2. The predicted octanol–water partition coefficient (Wildman–Crippen LogP) is 1.27. The molecule has 0 aliphatic carbocycles. The highest BCUT2D eigenvalue weighted by molar-refractivity contribution is 7.99. The Balaban J connectivity index is 2.54. The first-order chi connectivity index (χ1) is 8.15. The summed E-state index contributed by atoms with van der Waals surface area (Å²) in [5.41, 5.74) is 0.154. The van der Waals surface area contributed by atoms with Gasteiger partial charge >= 0.3 is 5.97 Å². The van der Waals surface area contributed by atoms with E-state index in [1.807, 2.05) is 6.92 Å². The Kier molecular flexibility index (Phi) is 5.96. The van der Waals surface area contributed by atoms with Gasteiger partial charge in [-0.05, 0) is 19.1 Å². The third-order valence-electron chi connectivity index (χ3n) is 1.93. The van der Waals surface area contributed by atoms with E-state index >= 15 is 0 Å². The molecule has 1 rings (SSSR count). The lowest BCUT2D eigenvalue weighted by atomic mass is 10.3. The van der Waals surface area contributed by atoms with Crippen molar-refractivity contribution in [1.82, 2.24) is 4.98 Å². The fraction of sp³-hybridized carbons (Fsp3) is 0.455. The van der Waals surface area contributed by atoms with Crippen LogP contribution in [0.5, 0.6) is 0 Å². The number of hydrogen-bond donors (Lipinski definition) is 2. The highest BCUT2D eigenvalue weighted by Crippen LogP contribution is 2.20. The number of thioether (sulfide) groups is 1. The smallest absolute Gasteiger partial charge is 0.338 e. The Morgan fingerprint density at radius 1 is 1.65 bits per heavy atom. The fourth-order valence-electron chi connectivity index (χ4n) is 1.15. The van der Waals surface area contributed by atoms with Crippen LogP contribution in [0.15, 0.2) is 23.4 Å². The highest BCUT2D eigenvalue weighted by Gasteiger charge is 2.13. The van der Waals surface area contributed by atoms with Gasteiger partial charge in [0.25, 0.3) is 0 Å². The maximum absolute atomic E-state index is 10.9. The van der Waals surface area contributed by atoms with E-state index in [0.29, 0.717) is 17.4 Å². The maximum Gasteiger partial charge on any atom is 0.338 e. The van der Waals surface area contributed by atoms with Crippen molar-refractivity contribution in [3.63, 3.8) is 0 Å². The summed E-state index contributed by atoms with van der Waals surface area (Å²) in [7, 11) is 0. The lowest BCUT2D eigenvalue weighted by molar-refractivity contribution is 0.0551. The monoisotopic (exact) mass is 257 g/mol. The molecular formula is C11H15NO4S. The van der Waals surface area contributed by atoms with Crippen LogP contribution in [0.25, 0.3) is 0 Å². The van der Waals surface area contributed by atoms with Gasteiger partial charge in [-0.3, -0.25) is 0 Å². The first-order valence-corrected chi connectivity index (χ1v) is 6.20. The van der Waals surface area contributed by atoms with Crippen molar-refractivity contribution in [2.75, 3.05) is 19.0 Å². The molecule has 0 radical (unpaired) electrons. The molecular weight excluding hydrogens is 242 g/mol. The molecule has 0 aromatic carbocycles. The van der Waals surface area contributed by atoms with Crippen LogP contribution in [-0.2, 0) is 4.74 Å². The molecule has 1 atom stereocenters. The van der Waals surface area contributed by atoms with E-state index in [1.165, 1.54) is 24.0 Å². The molecule has 0 bridgehead atoms. The molecule has 5 nitrogen and oxygen atoms in total. The van der Waals surface area contributed by atoms with E-state index in [0.717, 1.165) is 0 Å². The summed E-state index contributed by atoms with van der Waals surface area (Å²) in [5, 5.41) is 18.9. The molecule has 17 heavy (non-hydrogen) atoms. The summed E-state index contributed by atoms with van der Waals surface area (Å²) in [5.74, 6) is -0.656. The molecule has 6 heteroatoms. The number of nitrogens with zero attached hydrogens (tertiary/aromatic N) is 1. The van der Waals surface area contributed by atoms with Gasteiger partial charge in [-0.15, -0.1) is 11.8 Å². The number of hydrogen-bond acceptors (Lipinski definition) is 5. The number of pyridine rings is 1. The van der Waals surface area contributed by atoms with Gasteiger partial charge < -0.3 is 14.9 Å². The third-order valence-corrected chi connectivity index (χ3v) is 3.08. The molecule has 0 fully saturated rings. The van der Waals surface area contributed by atoms with Crippen molar-refractivity contribution in [2.45, 2.75) is 18.1 Å². The van der Waals surface area contributed by atoms with Gasteiger partial charge in [-0.1, -0.05) is 0 Å². The summed E-state index contributed by atoms with van der Waals surface area (Å²) < 4.78 is 5.06. The maximum atomic E-state index is 10.9. The number of carboxylic acid groups (broad SMARTS) is 1. The molecule has 0 amide bonds. The van der Waals surface area contributed by atoms with Crippen molar-refractivity contribution >= 4 is 17.7 Å². The van der Waals surface area contributed by atoms with E-state index < -0.39 is 12.1 Å². The average molecular weight is 257 g/mol. The molecule has 0 aliphatic rings. The molecule has 1 aromatic heterocycles. The van der Waals surface area contributed by atoms with Crippen molar-refractivity contribution in [3.8, 4) is 0 Å². The van der Waals surface area contributed by atoms with Gasteiger partial charge in [-0.25, -0.2) is 9.78 Å². The Bertz CT molecular complexity index is 372. The van der Waals surface area contributed by atoms with Gasteiger partial charge in [0.15, 0.2) is 0 Å². The lowest BCUT2D eigenvalue weighted by Gasteiger charge is -2.10. The Morgan fingerprint density at radius 2 is 2.41 bits per heavy atom. The summed E-state index contributed by atoms with van der Waals surface area (Å²) >= 11 is 1.21. The Hall–Kier alpha value is -1.11. The second-order valence-electron chi connectivity index (χ2n) is 3.29.